The number of hydrogen-bond donors (Lipinski definition) is 1. The lowest BCUT2D eigenvalue weighted by molar-refractivity contribution is -0.137. The molecule has 0 radical (unpaired) electrons. The Balaban J connectivity index is 2.26. The van der Waals surface area contributed by atoms with Gasteiger partial charge in [0.25, 0.3) is 0 Å². The maximum Gasteiger partial charge on any atom is 0.303 e. The molecule has 0 aromatic rings. The van der Waals surface area contributed by atoms with Gasteiger partial charge in [-0.25, -0.2) is 0 Å². The largest absolute Gasteiger partial charge is 0.481 e. The molecule has 86 valence electrons. The smallest absolute Gasteiger partial charge is 0.303 e. The summed E-state index contributed by atoms with van der Waals surface area (Å²) in [5, 5.41) is 8.55. The predicted molar refractivity (Wildman–Crippen MR) is 59.9 cm³/mol. The molecule has 0 aliphatic carbocycles. The van der Waals surface area contributed by atoms with Gasteiger partial charge in [0, 0.05) is 19.5 Å². The number of thioether (sulfide) groups is 1. The van der Waals surface area contributed by atoms with Crippen LogP contribution in [0.2, 0.25) is 0 Å². The lowest BCUT2D eigenvalue weighted by atomic mass is 10.0. The predicted octanol–water partition coefficient (Wildman–Crippen LogP) is 1.06. The van der Waals surface area contributed by atoms with Gasteiger partial charge in [0.15, 0.2) is 0 Å². The van der Waals surface area contributed by atoms with Crippen molar-refractivity contribution in [3.8, 4) is 0 Å². The quantitative estimate of drug-likeness (QED) is 0.768. The summed E-state index contributed by atoms with van der Waals surface area (Å²) < 4.78 is 0. The first-order chi connectivity index (χ1) is 7.13. The number of amides is 1. The first kappa shape index (κ1) is 12.4. The summed E-state index contributed by atoms with van der Waals surface area (Å²) >= 11 is 1.53. The lowest BCUT2D eigenvalue weighted by Gasteiger charge is -2.15. The third kappa shape index (κ3) is 4.11. The summed E-state index contributed by atoms with van der Waals surface area (Å²) in [6.07, 6.45) is 3.77. The van der Waals surface area contributed by atoms with Gasteiger partial charge in [0.2, 0.25) is 5.91 Å². The highest BCUT2D eigenvalue weighted by molar-refractivity contribution is 7.99. The Kier molecular flexibility index (Phi) is 4.94. The summed E-state index contributed by atoms with van der Waals surface area (Å²) in [7, 11) is 0. The SMILES string of the molecule is CSCC(=O)N1CCC(CCC(=O)O)C1. The highest BCUT2D eigenvalue weighted by atomic mass is 32.2. The van der Waals surface area contributed by atoms with Crippen LogP contribution in [0.3, 0.4) is 0 Å². The third-order valence-electron chi connectivity index (χ3n) is 2.67. The minimum atomic E-state index is -0.746. The van der Waals surface area contributed by atoms with Crippen LogP contribution in [0.5, 0.6) is 0 Å². The fraction of sp³-hybridized carbons (Fsp3) is 0.800. The van der Waals surface area contributed by atoms with Crippen LogP contribution in [0.25, 0.3) is 0 Å². The van der Waals surface area contributed by atoms with E-state index in [0.717, 1.165) is 19.5 Å². The normalized spacial score (nSPS) is 20.6. The van der Waals surface area contributed by atoms with Gasteiger partial charge >= 0.3 is 5.97 Å². The molecule has 5 heteroatoms. The van der Waals surface area contributed by atoms with E-state index < -0.39 is 5.97 Å². The number of carbonyl (C=O) groups is 2. The van der Waals surface area contributed by atoms with Crippen LogP contribution in [0, 0.1) is 5.92 Å². The standard InChI is InChI=1S/C10H17NO3S/c1-15-7-9(12)11-5-4-8(6-11)2-3-10(13)14/h8H,2-7H2,1H3,(H,13,14). The Morgan fingerprint density at radius 3 is 2.87 bits per heavy atom. The monoisotopic (exact) mass is 231 g/mol. The van der Waals surface area contributed by atoms with Gasteiger partial charge in [-0.05, 0) is 25.0 Å². The Morgan fingerprint density at radius 2 is 2.27 bits per heavy atom. The van der Waals surface area contributed by atoms with Crippen molar-refractivity contribution in [2.45, 2.75) is 19.3 Å². The molecule has 1 unspecified atom stereocenters. The van der Waals surface area contributed by atoms with Crippen molar-refractivity contribution in [3.63, 3.8) is 0 Å². The highest BCUT2D eigenvalue weighted by Gasteiger charge is 2.25. The molecule has 0 bridgehead atoms. The fourth-order valence-corrected chi connectivity index (χ4v) is 2.27. The number of aliphatic carboxylic acids is 1. The number of carboxylic acids is 1. The third-order valence-corrected chi connectivity index (χ3v) is 3.21. The average molecular weight is 231 g/mol. The van der Waals surface area contributed by atoms with Crippen molar-refractivity contribution >= 4 is 23.6 Å². The van der Waals surface area contributed by atoms with E-state index in [4.69, 9.17) is 5.11 Å². The Labute approximate surface area is 94.0 Å². The van der Waals surface area contributed by atoms with E-state index in [9.17, 15) is 9.59 Å². The van der Waals surface area contributed by atoms with E-state index in [0.29, 0.717) is 18.1 Å². The summed E-state index contributed by atoms with van der Waals surface area (Å²) in [4.78, 5) is 23.8. The van der Waals surface area contributed by atoms with Gasteiger partial charge in [-0.3, -0.25) is 9.59 Å². The van der Waals surface area contributed by atoms with Gasteiger partial charge in [-0.1, -0.05) is 0 Å². The molecule has 1 saturated heterocycles. The zero-order chi connectivity index (χ0) is 11.3. The zero-order valence-corrected chi connectivity index (χ0v) is 9.76. The van der Waals surface area contributed by atoms with Crippen LogP contribution < -0.4 is 0 Å². The van der Waals surface area contributed by atoms with Crippen molar-refractivity contribution < 1.29 is 14.7 Å². The van der Waals surface area contributed by atoms with E-state index in [2.05, 4.69) is 0 Å². The molecule has 1 fully saturated rings. The molecule has 1 atom stereocenters. The van der Waals surface area contributed by atoms with Gasteiger partial charge < -0.3 is 10.0 Å². The van der Waals surface area contributed by atoms with E-state index in [1.807, 2.05) is 11.2 Å². The summed E-state index contributed by atoms with van der Waals surface area (Å²) in [5.74, 6) is 0.349. The van der Waals surface area contributed by atoms with Crippen LogP contribution in [-0.2, 0) is 9.59 Å². The first-order valence-electron chi connectivity index (χ1n) is 5.12. The van der Waals surface area contributed by atoms with Gasteiger partial charge in [0.05, 0.1) is 5.75 Å². The van der Waals surface area contributed by atoms with E-state index >= 15 is 0 Å². The van der Waals surface area contributed by atoms with Crippen LogP contribution in [0.15, 0.2) is 0 Å². The first-order valence-corrected chi connectivity index (χ1v) is 6.51. The summed E-state index contributed by atoms with van der Waals surface area (Å²) in [6, 6.07) is 0. The summed E-state index contributed by atoms with van der Waals surface area (Å²) in [5.41, 5.74) is 0. The van der Waals surface area contributed by atoms with Gasteiger partial charge in [0.1, 0.15) is 0 Å². The number of rotatable bonds is 5. The molecule has 1 aliphatic rings. The van der Waals surface area contributed by atoms with Crippen molar-refractivity contribution in [2.24, 2.45) is 5.92 Å². The van der Waals surface area contributed by atoms with E-state index in [-0.39, 0.29) is 12.3 Å². The second-order valence-corrected chi connectivity index (χ2v) is 4.73. The maximum atomic E-state index is 11.5. The molecule has 15 heavy (non-hydrogen) atoms. The molecule has 1 rings (SSSR count). The second kappa shape index (κ2) is 6.00. The van der Waals surface area contributed by atoms with Crippen molar-refractivity contribution in [2.75, 3.05) is 25.1 Å². The molecule has 1 aliphatic heterocycles. The highest BCUT2D eigenvalue weighted by Crippen LogP contribution is 2.21. The molecule has 1 N–H and O–H groups in total. The van der Waals surface area contributed by atoms with Crippen molar-refractivity contribution in [1.82, 2.24) is 4.90 Å². The Hall–Kier alpha value is -0.710. The van der Waals surface area contributed by atoms with Crippen molar-refractivity contribution in [3.05, 3.63) is 0 Å². The molecule has 0 aromatic carbocycles. The average Bonchev–Trinajstić information content (AvgIpc) is 2.63. The van der Waals surface area contributed by atoms with E-state index in [1.54, 1.807) is 0 Å². The maximum absolute atomic E-state index is 11.5. The number of hydrogen-bond acceptors (Lipinski definition) is 3. The topological polar surface area (TPSA) is 57.6 Å². The lowest BCUT2D eigenvalue weighted by Crippen LogP contribution is -2.30. The van der Waals surface area contributed by atoms with Crippen LogP contribution >= 0.6 is 11.8 Å². The van der Waals surface area contributed by atoms with Gasteiger partial charge in [-0.2, -0.15) is 11.8 Å². The molecule has 4 nitrogen and oxygen atoms in total. The van der Waals surface area contributed by atoms with Crippen LogP contribution in [0.4, 0.5) is 0 Å². The van der Waals surface area contributed by atoms with Crippen molar-refractivity contribution in [1.29, 1.82) is 0 Å². The number of carboxylic acid groups (broad SMARTS) is 1. The second-order valence-electron chi connectivity index (χ2n) is 3.86. The molecular formula is C10H17NO3S. The minimum Gasteiger partial charge on any atom is -0.481 e. The minimum absolute atomic E-state index is 0.181. The van der Waals surface area contributed by atoms with Crippen LogP contribution in [-0.4, -0.2) is 47.0 Å². The Morgan fingerprint density at radius 1 is 1.53 bits per heavy atom. The molecule has 0 aromatic heterocycles. The summed E-state index contributed by atoms with van der Waals surface area (Å²) in [6.45, 7) is 1.54. The van der Waals surface area contributed by atoms with Gasteiger partial charge in [-0.15, -0.1) is 0 Å². The van der Waals surface area contributed by atoms with Crippen LogP contribution in [0.1, 0.15) is 19.3 Å². The molecule has 1 amide bonds. The van der Waals surface area contributed by atoms with E-state index in [1.165, 1.54) is 11.8 Å². The zero-order valence-electron chi connectivity index (χ0n) is 8.94. The number of likely N-dealkylation sites (tertiary alicyclic amines) is 1. The molecule has 0 saturated carbocycles. The molecule has 1 heterocycles. The Bertz CT molecular complexity index is 245. The number of carbonyl (C=O) groups excluding carboxylic acids is 1. The fourth-order valence-electron chi connectivity index (χ4n) is 1.84. The number of nitrogens with zero attached hydrogens (tertiary/aromatic N) is 1. The molecular weight excluding hydrogens is 214 g/mol. The molecule has 0 spiro atoms.